The number of nitrogens with zero attached hydrogens (tertiary/aromatic N) is 1. The Morgan fingerprint density at radius 2 is 1.88 bits per heavy atom. The fraction of sp³-hybridized carbons (Fsp3) is 0.263. The molecule has 1 N–H and O–H groups in total. The van der Waals surface area contributed by atoms with Crippen LogP contribution in [-0.2, 0) is 14.5 Å². The highest BCUT2D eigenvalue weighted by molar-refractivity contribution is 8.00. The van der Waals surface area contributed by atoms with Crippen LogP contribution in [0.5, 0.6) is 0 Å². The van der Waals surface area contributed by atoms with Gasteiger partial charge >= 0.3 is 0 Å². The molecule has 2 amide bonds. The summed E-state index contributed by atoms with van der Waals surface area (Å²) >= 11 is 1.65. The van der Waals surface area contributed by atoms with Gasteiger partial charge < -0.3 is 10.2 Å². The lowest BCUT2D eigenvalue weighted by molar-refractivity contribution is -0.136. The molecular formula is C19H17FN2O2S. The van der Waals surface area contributed by atoms with Gasteiger partial charge in [0.1, 0.15) is 16.7 Å². The summed E-state index contributed by atoms with van der Waals surface area (Å²) in [4.78, 5) is 26.6. The molecule has 0 unspecified atom stereocenters. The summed E-state index contributed by atoms with van der Waals surface area (Å²) in [6.45, 7) is 0. The van der Waals surface area contributed by atoms with Crippen LogP contribution in [0.2, 0.25) is 0 Å². The zero-order valence-electron chi connectivity index (χ0n) is 13.4. The van der Waals surface area contributed by atoms with Crippen molar-refractivity contribution in [1.29, 1.82) is 0 Å². The van der Waals surface area contributed by atoms with Gasteiger partial charge in [0.05, 0.1) is 0 Å². The first-order valence-corrected chi connectivity index (χ1v) is 9.17. The Kier molecular flexibility index (Phi) is 4.00. The van der Waals surface area contributed by atoms with Crippen LogP contribution in [0.25, 0.3) is 0 Å². The summed E-state index contributed by atoms with van der Waals surface area (Å²) in [5.41, 5.74) is 1.59. The number of carbonyl (C=O) groups excluding carboxylic acids is 2. The van der Waals surface area contributed by atoms with Gasteiger partial charge in [0.15, 0.2) is 0 Å². The zero-order chi connectivity index (χ0) is 17.4. The van der Waals surface area contributed by atoms with Gasteiger partial charge in [-0.2, -0.15) is 0 Å². The molecule has 2 atom stereocenters. The number of rotatable bonds is 3. The van der Waals surface area contributed by atoms with Crippen LogP contribution in [0.3, 0.4) is 0 Å². The van der Waals surface area contributed by atoms with Crippen LogP contribution in [0.1, 0.15) is 18.4 Å². The number of anilines is 1. The Morgan fingerprint density at radius 3 is 2.60 bits per heavy atom. The van der Waals surface area contributed by atoms with Crippen LogP contribution in [0, 0.1) is 5.82 Å². The first kappa shape index (κ1) is 16.1. The van der Waals surface area contributed by atoms with E-state index in [1.165, 1.54) is 24.3 Å². The molecule has 0 saturated carbocycles. The molecule has 0 aliphatic carbocycles. The van der Waals surface area contributed by atoms with E-state index in [2.05, 4.69) is 5.32 Å². The van der Waals surface area contributed by atoms with E-state index >= 15 is 0 Å². The van der Waals surface area contributed by atoms with E-state index in [0.717, 1.165) is 5.56 Å². The van der Waals surface area contributed by atoms with E-state index in [1.54, 1.807) is 16.7 Å². The highest BCUT2D eigenvalue weighted by Crippen LogP contribution is 2.54. The number of benzene rings is 2. The average molecular weight is 356 g/mol. The molecule has 128 valence electrons. The van der Waals surface area contributed by atoms with E-state index in [4.69, 9.17) is 0 Å². The quantitative estimate of drug-likeness (QED) is 0.917. The molecule has 0 radical (unpaired) electrons. The lowest BCUT2D eigenvalue weighted by atomic mass is 10.0. The topological polar surface area (TPSA) is 49.4 Å². The second kappa shape index (κ2) is 6.19. The van der Waals surface area contributed by atoms with Crippen molar-refractivity contribution in [3.63, 3.8) is 0 Å². The van der Waals surface area contributed by atoms with Crippen molar-refractivity contribution >= 4 is 29.3 Å². The fourth-order valence-corrected chi connectivity index (χ4v) is 5.25. The number of carbonyl (C=O) groups is 2. The van der Waals surface area contributed by atoms with Crippen molar-refractivity contribution in [2.45, 2.75) is 23.8 Å². The summed E-state index contributed by atoms with van der Waals surface area (Å²) in [6.07, 6.45) is 1.16. The molecule has 2 aliphatic heterocycles. The van der Waals surface area contributed by atoms with E-state index in [0.29, 0.717) is 24.3 Å². The summed E-state index contributed by atoms with van der Waals surface area (Å²) in [7, 11) is 0. The van der Waals surface area contributed by atoms with E-state index in [9.17, 15) is 14.0 Å². The van der Waals surface area contributed by atoms with Gasteiger partial charge in [0.2, 0.25) is 11.8 Å². The average Bonchev–Trinajstić information content (AvgIpc) is 3.17. The van der Waals surface area contributed by atoms with Gasteiger partial charge in [-0.3, -0.25) is 9.59 Å². The van der Waals surface area contributed by atoms with E-state index in [1.807, 2.05) is 30.3 Å². The number of hydrogen-bond acceptors (Lipinski definition) is 3. The molecule has 0 aromatic heterocycles. The molecule has 2 aliphatic rings. The fourth-order valence-electron chi connectivity index (χ4n) is 3.59. The van der Waals surface area contributed by atoms with E-state index in [-0.39, 0.29) is 17.6 Å². The van der Waals surface area contributed by atoms with Gasteiger partial charge in [-0.25, -0.2) is 4.39 Å². The highest BCUT2D eigenvalue weighted by atomic mass is 32.2. The number of thioether (sulfide) groups is 1. The summed E-state index contributed by atoms with van der Waals surface area (Å²) < 4.78 is 13.0. The monoisotopic (exact) mass is 356 g/mol. The van der Waals surface area contributed by atoms with Crippen molar-refractivity contribution in [3.05, 3.63) is 66.0 Å². The lowest BCUT2D eigenvalue weighted by Gasteiger charge is -2.34. The maximum Gasteiger partial charge on any atom is 0.248 e. The third-order valence-corrected chi connectivity index (χ3v) is 6.36. The molecule has 2 aromatic carbocycles. The standard InChI is InChI=1S/C19H17FN2O2S/c20-14-6-8-15(9-7-14)21-18(24)16-12-25-19(11-10-17(23)22(16)19)13-4-2-1-3-5-13/h1-9,16H,10-12H2,(H,21,24)/t16-,19-/m1/s1. The Hall–Kier alpha value is -2.34. The van der Waals surface area contributed by atoms with Gasteiger partial charge in [-0.1, -0.05) is 30.3 Å². The van der Waals surface area contributed by atoms with Crippen molar-refractivity contribution in [3.8, 4) is 0 Å². The smallest absolute Gasteiger partial charge is 0.248 e. The molecule has 0 bridgehead atoms. The number of hydrogen-bond donors (Lipinski definition) is 1. The van der Waals surface area contributed by atoms with Gasteiger partial charge in [-0.05, 0) is 36.2 Å². The van der Waals surface area contributed by atoms with Crippen LogP contribution in [0.4, 0.5) is 10.1 Å². The number of fused-ring (bicyclic) bond motifs is 1. The molecule has 0 spiro atoms. The molecule has 4 rings (SSSR count). The second-order valence-electron chi connectivity index (χ2n) is 6.24. The first-order valence-electron chi connectivity index (χ1n) is 8.18. The Morgan fingerprint density at radius 1 is 1.16 bits per heavy atom. The molecule has 6 heteroatoms. The number of halogens is 1. The van der Waals surface area contributed by atoms with Gasteiger partial charge in [0, 0.05) is 17.9 Å². The molecule has 2 heterocycles. The number of amides is 2. The predicted octanol–water partition coefficient (Wildman–Crippen LogP) is 3.36. The SMILES string of the molecule is O=C(Nc1ccc(F)cc1)[C@H]1CS[C@@]2(c3ccccc3)CCC(=O)N12. The van der Waals surface area contributed by atoms with Crippen molar-refractivity contribution in [2.75, 3.05) is 11.1 Å². The Labute approximate surface area is 149 Å². The molecule has 2 aromatic rings. The number of nitrogens with one attached hydrogen (secondary N) is 1. The Balaban J connectivity index is 1.60. The van der Waals surface area contributed by atoms with Crippen molar-refractivity contribution in [2.24, 2.45) is 0 Å². The molecule has 25 heavy (non-hydrogen) atoms. The largest absolute Gasteiger partial charge is 0.324 e. The molecule has 4 nitrogen and oxygen atoms in total. The minimum Gasteiger partial charge on any atom is -0.324 e. The summed E-state index contributed by atoms with van der Waals surface area (Å²) in [5, 5.41) is 2.80. The minimum absolute atomic E-state index is 0.00751. The van der Waals surface area contributed by atoms with Crippen molar-refractivity contribution < 1.29 is 14.0 Å². The minimum atomic E-state index is -0.523. The van der Waals surface area contributed by atoms with Crippen molar-refractivity contribution in [1.82, 2.24) is 4.90 Å². The van der Waals surface area contributed by atoms with Crippen LogP contribution < -0.4 is 5.32 Å². The summed E-state index contributed by atoms with van der Waals surface area (Å²) in [5.74, 6) is -0.0271. The summed E-state index contributed by atoms with van der Waals surface area (Å²) in [6, 6.07) is 15.0. The zero-order valence-corrected chi connectivity index (χ0v) is 14.3. The third kappa shape index (κ3) is 2.70. The van der Waals surface area contributed by atoms with Crippen LogP contribution in [0.15, 0.2) is 54.6 Å². The normalized spacial score (nSPS) is 25.1. The first-order chi connectivity index (χ1) is 12.1. The highest BCUT2D eigenvalue weighted by Gasteiger charge is 2.56. The third-order valence-electron chi connectivity index (χ3n) is 4.77. The van der Waals surface area contributed by atoms with Gasteiger partial charge in [0.25, 0.3) is 0 Å². The van der Waals surface area contributed by atoms with E-state index < -0.39 is 10.9 Å². The maximum atomic E-state index is 13.0. The predicted molar refractivity (Wildman–Crippen MR) is 95.5 cm³/mol. The Bertz CT molecular complexity index is 812. The lowest BCUT2D eigenvalue weighted by Crippen LogP contribution is -2.48. The van der Waals surface area contributed by atoms with Crippen LogP contribution >= 0.6 is 11.8 Å². The maximum absolute atomic E-state index is 13.0. The molecular weight excluding hydrogens is 339 g/mol. The van der Waals surface area contributed by atoms with Crippen LogP contribution in [-0.4, -0.2) is 28.5 Å². The second-order valence-corrected chi connectivity index (χ2v) is 7.53. The van der Waals surface area contributed by atoms with Gasteiger partial charge in [-0.15, -0.1) is 11.8 Å². The molecule has 2 fully saturated rings. The molecule has 2 saturated heterocycles.